The van der Waals surface area contributed by atoms with Crippen molar-refractivity contribution in [3.8, 4) is 11.5 Å². The first kappa shape index (κ1) is 13.3. The van der Waals surface area contributed by atoms with E-state index in [1.165, 1.54) is 13.2 Å². The van der Waals surface area contributed by atoms with E-state index in [2.05, 4.69) is 22.9 Å². The summed E-state index contributed by atoms with van der Waals surface area (Å²) < 4.78 is 23.9. The second-order valence-electron chi connectivity index (χ2n) is 3.48. The average molecular weight is 291 g/mol. The molecular formula is C12H16BrFO2. The van der Waals surface area contributed by atoms with Crippen LogP contribution in [0.25, 0.3) is 0 Å². The summed E-state index contributed by atoms with van der Waals surface area (Å²) in [6.07, 6.45) is 1.87. The Morgan fingerprint density at radius 1 is 1.25 bits per heavy atom. The van der Waals surface area contributed by atoms with Gasteiger partial charge in [0.25, 0.3) is 0 Å². The van der Waals surface area contributed by atoms with E-state index < -0.39 is 0 Å². The van der Waals surface area contributed by atoms with Crippen molar-refractivity contribution < 1.29 is 13.9 Å². The summed E-state index contributed by atoms with van der Waals surface area (Å²) in [5.74, 6) is 0.701. The second kappa shape index (κ2) is 6.09. The molecule has 1 aromatic carbocycles. The quantitative estimate of drug-likeness (QED) is 0.761. The molecule has 0 bridgehead atoms. The van der Waals surface area contributed by atoms with E-state index in [-0.39, 0.29) is 10.6 Å². The molecule has 0 spiro atoms. The number of ether oxygens (including phenoxy) is 2. The number of rotatable bonds is 5. The van der Waals surface area contributed by atoms with Crippen molar-refractivity contribution in [2.24, 2.45) is 0 Å². The van der Waals surface area contributed by atoms with E-state index >= 15 is 0 Å². The number of hydrogen-bond donors (Lipinski definition) is 0. The zero-order chi connectivity index (χ0) is 12.1. The molecule has 0 aliphatic heterocycles. The topological polar surface area (TPSA) is 18.5 Å². The van der Waals surface area contributed by atoms with E-state index in [1.54, 1.807) is 13.2 Å². The summed E-state index contributed by atoms with van der Waals surface area (Å²) in [6.45, 7) is 2.06. The molecule has 2 nitrogen and oxygen atoms in total. The number of halogens is 2. The fourth-order valence-electron chi connectivity index (χ4n) is 1.52. The van der Waals surface area contributed by atoms with E-state index in [4.69, 9.17) is 9.47 Å². The highest BCUT2D eigenvalue weighted by molar-refractivity contribution is 9.09. The third kappa shape index (κ3) is 2.88. The third-order valence-electron chi connectivity index (χ3n) is 2.38. The molecule has 1 atom stereocenters. The maximum absolute atomic E-state index is 13.8. The molecule has 0 fully saturated rings. The minimum absolute atomic E-state index is 0.0114. The van der Waals surface area contributed by atoms with Gasteiger partial charge < -0.3 is 9.47 Å². The van der Waals surface area contributed by atoms with Crippen LogP contribution in [-0.4, -0.2) is 14.2 Å². The third-order valence-corrected chi connectivity index (χ3v) is 3.33. The molecule has 1 rings (SSSR count). The van der Waals surface area contributed by atoms with Crippen molar-refractivity contribution in [2.45, 2.75) is 24.6 Å². The standard InChI is InChI=1S/C12H16BrFO2/c1-4-5-9(13)8-6-11(15-2)12(16-3)7-10(8)14/h6-7,9H,4-5H2,1-3H3. The fourth-order valence-corrected chi connectivity index (χ4v) is 2.33. The molecule has 0 aromatic heterocycles. The summed E-state index contributed by atoms with van der Waals surface area (Å²) in [5, 5.41) is 0. The second-order valence-corrected chi connectivity index (χ2v) is 4.59. The zero-order valence-corrected chi connectivity index (χ0v) is 11.3. The first-order valence-corrected chi connectivity index (χ1v) is 6.11. The van der Waals surface area contributed by atoms with Gasteiger partial charge in [0.1, 0.15) is 5.82 Å². The van der Waals surface area contributed by atoms with Crippen LogP contribution in [0.4, 0.5) is 4.39 Å². The SMILES string of the molecule is CCCC(Br)c1cc(OC)c(OC)cc1F. The van der Waals surface area contributed by atoms with Gasteiger partial charge in [-0.05, 0) is 12.5 Å². The molecule has 0 saturated carbocycles. The van der Waals surface area contributed by atoms with Crippen molar-refractivity contribution >= 4 is 15.9 Å². The van der Waals surface area contributed by atoms with Gasteiger partial charge in [-0.15, -0.1) is 0 Å². The predicted octanol–water partition coefficient (Wildman–Crippen LogP) is 4.08. The van der Waals surface area contributed by atoms with Gasteiger partial charge >= 0.3 is 0 Å². The lowest BCUT2D eigenvalue weighted by molar-refractivity contribution is 0.351. The smallest absolute Gasteiger partial charge is 0.163 e. The monoisotopic (exact) mass is 290 g/mol. The van der Waals surface area contributed by atoms with Crippen LogP contribution in [0.2, 0.25) is 0 Å². The lowest BCUT2D eigenvalue weighted by atomic mass is 10.1. The van der Waals surface area contributed by atoms with Crippen LogP contribution < -0.4 is 9.47 Å². The molecule has 0 radical (unpaired) electrons. The number of benzene rings is 1. The molecule has 1 unspecified atom stereocenters. The van der Waals surface area contributed by atoms with Crippen LogP contribution in [0.1, 0.15) is 30.2 Å². The van der Waals surface area contributed by atoms with Gasteiger partial charge in [-0.25, -0.2) is 4.39 Å². The minimum atomic E-state index is -0.270. The molecular weight excluding hydrogens is 275 g/mol. The molecule has 4 heteroatoms. The van der Waals surface area contributed by atoms with E-state index in [0.717, 1.165) is 12.8 Å². The molecule has 0 amide bonds. The van der Waals surface area contributed by atoms with Crippen LogP contribution in [0.3, 0.4) is 0 Å². The lowest BCUT2D eigenvalue weighted by Crippen LogP contribution is -1.98. The van der Waals surface area contributed by atoms with Crippen molar-refractivity contribution in [2.75, 3.05) is 14.2 Å². The van der Waals surface area contributed by atoms with E-state index in [9.17, 15) is 4.39 Å². The normalized spacial score (nSPS) is 12.3. The van der Waals surface area contributed by atoms with Crippen molar-refractivity contribution in [3.63, 3.8) is 0 Å². The van der Waals surface area contributed by atoms with Crippen LogP contribution in [-0.2, 0) is 0 Å². The average Bonchev–Trinajstić information content (AvgIpc) is 2.28. The number of alkyl halides is 1. The summed E-state index contributed by atoms with van der Waals surface area (Å²) in [7, 11) is 3.04. The van der Waals surface area contributed by atoms with Gasteiger partial charge in [0, 0.05) is 16.5 Å². The number of methoxy groups -OCH3 is 2. The Balaban J connectivity index is 3.10. The Kier molecular flexibility index (Phi) is 5.06. The summed E-state index contributed by atoms with van der Waals surface area (Å²) >= 11 is 3.47. The van der Waals surface area contributed by atoms with Crippen LogP contribution in [0, 0.1) is 5.82 Å². The van der Waals surface area contributed by atoms with Crippen molar-refractivity contribution in [1.29, 1.82) is 0 Å². The molecule has 90 valence electrons. The minimum Gasteiger partial charge on any atom is -0.493 e. The van der Waals surface area contributed by atoms with Crippen molar-refractivity contribution in [1.82, 2.24) is 0 Å². The van der Waals surface area contributed by atoms with Crippen LogP contribution >= 0.6 is 15.9 Å². The summed E-state index contributed by atoms with van der Waals surface area (Å²) in [4.78, 5) is 0.0114. The maximum atomic E-state index is 13.8. The highest BCUT2D eigenvalue weighted by atomic mass is 79.9. The Labute approximate surface area is 104 Å². The number of hydrogen-bond acceptors (Lipinski definition) is 2. The zero-order valence-electron chi connectivity index (χ0n) is 9.72. The Bertz CT molecular complexity index is 355. The predicted molar refractivity (Wildman–Crippen MR) is 66.1 cm³/mol. The largest absolute Gasteiger partial charge is 0.493 e. The molecule has 16 heavy (non-hydrogen) atoms. The summed E-state index contributed by atoms with van der Waals surface area (Å²) in [5.41, 5.74) is 0.611. The Hall–Kier alpha value is -0.770. The van der Waals surface area contributed by atoms with Crippen LogP contribution in [0.15, 0.2) is 12.1 Å². The molecule has 0 N–H and O–H groups in total. The van der Waals surface area contributed by atoms with Gasteiger partial charge in [0.05, 0.1) is 14.2 Å². The maximum Gasteiger partial charge on any atom is 0.163 e. The van der Waals surface area contributed by atoms with Gasteiger partial charge in [0.2, 0.25) is 0 Å². The van der Waals surface area contributed by atoms with Crippen LogP contribution in [0.5, 0.6) is 11.5 Å². The molecule has 0 saturated heterocycles. The molecule has 1 aromatic rings. The Morgan fingerprint density at radius 3 is 2.31 bits per heavy atom. The van der Waals surface area contributed by atoms with Gasteiger partial charge in [-0.2, -0.15) is 0 Å². The fraction of sp³-hybridized carbons (Fsp3) is 0.500. The van der Waals surface area contributed by atoms with Crippen molar-refractivity contribution in [3.05, 3.63) is 23.5 Å². The van der Waals surface area contributed by atoms with E-state index in [0.29, 0.717) is 17.1 Å². The highest BCUT2D eigenvalue weighted by Gasteiger charge is 2.16. The van der Waals surface area contributed by atoms with Gasteiger partial charge in [-0.1, -0.05) is 29.3 Å². The van der Waals surface area contributed by atoms with Gasteiger partial charge in [-0.3, -0.25) is 0 Å². The lowest BCUT2D eigenvalue weighted by Gasteiger charge is -2.14. The highest BCUT2D eigenvalue weighted by Crippen LogP contribution is 2.37. The molecule has 0 aliphatic carbocycles. The Morgan fingerprint density at radius 2 is 1.81 bits per heavy atom. The van der Waals surface area contributed by atoms with E-state index in [1.807, 2.05) is 0 Å². The first-order chi connectivity index (χ1) is 7.63. The molecule has 0 aliphatic rings. The first-order valence-electron chi connectivity index (χ1n) is 5.19. The molecule has 0 heterocycles. The van der Waals surface area contributed by atoms with Gasteiger partial charge in [0.15, 0.2) is 11.5 Å². The summed E-state index contributed by atoms with van der Waals surface area (Å²) in [6, 6.07) is 3.04.